The van der Waals surface area contributed by atoms with Crippen molar-refractivity contribution in [3.05, 3.63) is 29.3 Å². The first-order chi connectivity index (χ1) is 9.43. The second kappa shape index (κ2) is 6.04. The van der Waals surface area contributed by atoms with Crippen LogP contribution >= 0.6 is 11.6 Å². The third kappa shape index (κ3) is 3.26. The zero-order valence-corrected chi connectivity index (χ0v) is 12.9. The van der Waals surface area contributed by atoms with E-state index in [2.05, 4.69) is 19.2 Å². The maximum Gasteiger partial charge on any atom is 0.243 e. The summed E-state index contributed by atoms with van der Waals surface area (Å²) in [6.07, 6.45) is 3.79. The van der Waals surface area contributed by atoms with Crippen LogP contribution in [0.25, 0.3) is 0 Å². The topological polar surface area (TPSA) is 55.1 Å². The minimum atomic E-state index is -0.641. The number of carbonyl (C=O) groups is 1. The molecule has 0 saturated heterocycles. The van der Waals surface area contributed by atoms with Gasteiger partial charge in [0.05, 0.1) is 0 Å². The summed E-state index contributed by atoms with van der Waals surface area (Å²) in [4.78, 5) is 12.1. The Bertz CT molecular complexity index is 489. The Morgan fingerprint density at radius 3 is 2.85 bits per heavy atom. The zero-order valence-electron chi connectivity index (χ0n) is 12.2. The van der Waals surface area contributed by atoms with E-state index in [1.165, 1.54) is 6.42 Å². The quantitative estimate of drug-likeness (QED) is 0.887. The highest BCUT2D eigenvalue weighted by atomic mass is 35.5. The highest BCUT2D eigenvalue weighted by molar-refractivity contribution is 6.30. The molecule has 0 radical (unpaired) electrons. The number of halogens is 1. The van der Waals surface area contributed by atoms with Crippen LogP contribution in [0, 0.1) is 11.8 Å². The zero-order chi connectivity index (χ0) is 14.8. The molecule has 3 N–H and O–H groups in total. The molecule has 0 aromatic heterocycles. The molecular weight excluding hydrogens is 272 g/mol. The molecule has 2 atom stereocenters. The molecule has 4 heteroatoms. The van der Waals surface area contributed by atoms with Crippen LogP contribution < -0.4 is 11.1 Å². The van der Waals surface area contributed by atoms with Crippen LogP contribution in [0.3, 0.4) is 0 Å². The van der Waals surface area contributed by atoms with Gasteiger partial charge in [0.15, 0.2) is 0 Å². The summed E-state index contributed by atoms with van der Waals surface area (Å²) < 4.78 is 0. The Hall–Kier alpha value is -1.22. The monoisotopic (exact) mass is 294 g/mol. The number of amides is 1. The molecule has 0 spiro atoms. The molecule has 2 rings (SSSR count). The number of nitrogens with one attached hydrogen (secondary N) is 1. The summed E-state index contributed by atoms with van der Waals surface area (Å²) in [5.74, 6) is 0.834. The van der Waals surface area contributed by atoms with E-state index in [-0.39, 0.29) is 5.91 Å². The molecule has 1 aromatic carbocycles. The Morgan fingerprint density at radius 1 is 1.50 bits per heavy atom. The first kappa shape index (κ1) is 15.2. The molecule has 20 heavy (non-hydrogen) atoms. The van der Waals surface area contributed by atoms with Crippen LogP contribution in [0.1, 0.15) is 39.5 Å². The normalized spacial score (nSPS) is 26.5. The fourth-order valence-electron chi connectivity index (χ4n) is 3.13. The van der Waals surface area contributed by atoms with Gasteiger partial charge in [-0.15, -0.1) is 0 Å². The summed E-state index contributed by atoms with van der Waals surface area (Å²) in [6.45, 7) is 4.42. The standard InChI is InChI=1S/C16H23ClN2O/c1-11(2)12-5-4-8-16(10-12,15(18)20)19-14-7-3-6-13(17)9-14/h3,6-7,9,11-12,19H,4-5,8,10H2,1-2H3,(H2,18,20). The minimum Gasteiger partial charge on any atom is -0.371 e. The van der Waals surface area contributed by atoms with E-state index in [1.54, 1.807) is 0 Å². The van der Waals surface area contributed by atoms with Crippen LogP contribution in [-0.2, 0) is 4.79 Å². The molecule has 0 bridgehead atoms. The highest BCUT2D eigenvalue weighted by Gasteiger charge is 2.42. The van der Waals surface area contributed by atoms with E-state index in [4.69, 9.17) is 17.3 Å². The van der Waals surface area contributed by atoms with Gasteiger partial charge in [0.1, 0.15) is 5.54 Å². The molecule has 1 aliphatic carbocycles. The van der Waals surface area contributed by atoms with Crippen LogP contribution in [0.2, 0.25) is 5.02 Å². The Labute approximate surface area is 125 Å². The number of hydrogen-bond acceptors (Lipinski definition) is 2. The van der Waals surface area contributed by atoms with Gasteiger partial charge in [-0.25, -0.2) is 0 Å². The van der Waals surface area contributed by atoms with Crippen molar-refractivity contribution in [1.82, 2.24) is 0 Å². The van der Waals surface area contributed by atoms with E-state index in [9.17, 15) is 4.79 Å². The number of carbonyl (C=O) groups excluding carboxylic acids is 1. The van der Waals surface area contributed by atoms with Crippen molar-refractivity contribution in [2.75, 3.05) is 5.32 Å². The van der Waals surface area contributed by atoms with E-state index >= 15 is 0 Å². The molecule has 1 fully saturated rings. The fourth-order valence-corrected chi connectivity index (χ4v) is 3.32. The largest absolute Gasteiger partial charge is 0.371 e. The van der Waals surface area contributed by atoms with Crippen molar-refractivity contribution >= 4 is 23.2 Å². The second-order valence-corrected chi connectivity index (χ2v) is 6.62. The molecule has 2 unspecified atom stereocenters. The average Bonchev–Trinajstić information content (AvgIpc) is 2.38. The number of rotatable bonds is 4. The fraction of sp³-hybridized carbons (Fsp3) is 0.562. The SMILES string of the molecule is CC(C)C1CCCC(Nc2cccc(Cl)c2)(C(N)=O)C1. The Balaban J connectivity index is 2.23. The molecule has 1 amide bonds. The summed E-state index contributed by atoms with van der Waals surface area (Å²) in [6, 6.07) is 7.46. The third-order valence-corrected chi connectivity index (χ3v) is 4.65. The molecule has 110 valence electrons. The predicted molar refractivity (Wildman–Crippen MR) is 83.8 cm³/mol. The van der Waals surface area contributed by atoms with Crippen molar-refractivity contribution in [2.45, 2.75) is 45.1 Å². The van der Waals surface area contributed by atoms with Crippen molar-refractivity contribution in [2.24, 2.45) is 17.6 Å². The van der Waals surface area contributed by atoms with Gasteiger partial charge >= 0.3 is 0 Å². The maximum atomic E-state index is 12.1. The maximum absolute atomic E-state index is 12.1. The number of nitrogens with two attached hydrogens (primary N) is 1. The van der Waals surface area contributed by atoms with Crippen LogP contribution in [0.5, 0.6) is 0 Å². The van der Waals surface area contributed by atoms with E-state index in [0.29, 0.717) is 16.9 Å². The lowest BCUT2D eigenvalue weighted by molar-refractivity contribution is -0.124. The summed E-state index contributed by atoms with van der Waals surface area (Å²) >= 11 is 6.01. The lowest BCUT2D eigenvalue weighted by Crippen LogP contribution is -2.53. The van der Waals surface area contributed by atoms with Gasteiger partial charge in [-0.1, -0.05) is 37.9 Å². The van der Waals surface area contributed by atoms with E-state index in [0.717, 1.165) is 24.9 Å². The van der Waals surface area contributed by atoms with Gasteiger partial charge in [-0.2, -0.15) is 0 Å². The highest BCUT2D eigenvalue weighted by Crippen LogP contribution is 2.38. The van der Waals surface area contributed by atoms with Crippen LogP contribution in [0.4, 0.5) is 5.69 Å². The second-order valence-electron chi connectivity index (χ2n) is 6.18. The van der Waals surface area contributed by atoms with E-state index < -0.39 is 5.54 Å². The molecule has 1 aliphatic rings. The minimum absolute atomic E-state index is 0.261. The number of benzene rings is 1. The lowest BCUT2D eigenvalue weighted by Gasteiger charge is -2.41. The number of hydrogen-bond donors (Lipinski definition) is 2. The average molecular weight is 295 g/mol. The van der Waals surface area contributed by atoms with E-state index in [1.807, 2.05) is 24.3 Å². The predicted octanol–water partition coefficient (Wildman–Crippen LogP) is 3.82. The van der Waals surface area contributed by atoms with Crippen LogP contribution in [0.15, 0.2) is 24.3 Å². The molecule has 3 nitrogen and oxygen atoms in total. The first-order valence-electron chi connectivity index (χ1n) is 7.26. The Morgan fingerprint density at radius 2 is 2.25 bits per heavy atom. The summed E-state index contributed by atoms with van der Waals surface area (Å²) in [5, 5.41) is 4.02. The van der Waals surface area contributed by atoms with Gasteiger partial charge in [0.2, 0.25) is 5.91 Å². The molecule has 1 saturated carbocycles. The third-order valence-electron chi connectivity index (χ3n) is 4.41. The van der Waals surface area contributed by atoms with Crippen molar-refractivity contribution in [1.29, 1.82) is 0 Å². The molecule has 1 aromatic rings. The summed E-state index contributed by atoms with van der Waals surface area (Å²) in [7, 11) is 0. The van der Waals surface area contributed by atoms with Gasteiger partial charge in [-0.3, -0.25) is 4.79 Å². The molecule has 0 aliphatic heterocycles. The van der Waals surface area contributed by atoms with Crippen LogP contribution in [-0.4, -0.2) is 11.4 Å². The van der Waals surface area contributed by atoms with Crippen molar-refractivity contribution in [3.63, 3.8) is 0 Å². The van der Waals surface area contributed by atoms with Gasteiger partial charge in [-0.05, 0) is 49.3 Å². The van der Waals surface area contributed by atoms with Crippen molar-refractivity contribution < 1.29 is 4.79 Å². The first-order valence-corrected chi connectivity index (χ1v) is 7.64. The van der Waals surface area contributed by atoms with Gasteiger partial charge in [0.25, 0.3) is 0 Å². The van der Waals surface area contributed by atoms with Crippen molar-refractivity contribution in [3.8, 4) is 0 Å². The summed E-state index contributed by atoms with van der Waals surface area (Å²) in [5.41, 5.74) is 5.94. The Kier molecular flexibility index (Phi) is 4.59. The lowest BCUT2D eigenvalue weighted by atomic mass is 9.71. The van der Waals surface area contributed by atoms with Gasteiger partial charge < -0.3 is 11.1 Å². The molecular formula is C16H23ClN2O. The van der Waals surface area contributed by atoms with Gasteiger partial charge in [0, 0.05) is 10.7 Å². The smallest absolute Gasteiger partial charge is 0.243 e. The molecule has 0 heterocycles. The number of primary amides is 1. The number of anilines is 1.